The minimum Gasteiger partial charge on any atom is -0.491 e. The highest BCUT2D eigenvalue weighted by molar-refractivity contribution is 7.11. The number of benzene rings is 1. The van der Waals surface area contributed by atoms with Crippen molar-refractivity contribution in [2.45, 2.75) is 26.8 Å². The van der Waals surface area contributed by atoms with Gasteiger partial charge in [-0.1, -0.05) is 0 Å². The Morgan fingerprint density at radius 3 is 2.48 bits per heavy atom. The van der Waals surface area contributed by atoms with Gasteiger partial charge in [-0.05, 0) is 45.0 Å². The molecule has 2 rings (SSSR count). The number of nitrogens with zero attached hydrogens (tertiary/aromatic N) is 1. The zero-order valence-electron chi connectivity index (χ0n) is 13.0. The molecule has 0 aliphatic rings. The van der Waals surface area contributed by atoms with Gasteiger partial charge < -0.3 is 14.8 Å². The Bertz CT molecular complexity index is 566. The molecule has 0 radical (unpaired) electrons. The van der Waals surface area contributed by atoms with Crippen molar-refractivity contribution in [1.82, 2.24) is 4.98 Å². The van der Waals surface area contributed by atoms with E-state index in [1.54, 1.807) is 18.4 Å². The topological polar surface area (TPSA) is 43.4 Å². The van der Waals surface area contributed by atoms with Crippen molar-refractivity contribution in [2.75, 3.05) is 25.6 Å². The van der Waals surface area contributed by atoms with E-state index < -0.39 is 0 Å². The van der Waals surface area contributed by atoms with Gasteiger partial charge in [0.15, 0.2) is 0 Å². The van der Waals surface area contributed by atoms with Crippen molar-refractivity contribution in [3.8, 4) is 5.75 Å². The summed E-state index contributed by atoms with van der Waals surface area (Å²) in [7, 11) is 1.67. The maximum Gasteiger partial charge on any atom is 0.119 e. The van der Waals surface area contributed by atoms with E-state index in [1.165, 1.54) is 4.88 Å². The number of methoxy groups -OCH3 is 1. The number of hydrogen-bond acceptors (Lipinski definition) is 5. The molecule has 0 spiro atoms. The quantitative estimate of drug-likeness (QED) is 0.786. The summed E-state index contributed by atoms with van der Waals surface area (Å²) >= 11 is 1.75. The largest absolute Gasteiger partial charge is 0.491 e. The van der Waals surface area contributed by atoms with Crippen molar-refractivity contribution in [3.63, 3.8) is 0 Å². The Balaban J connectivity index is 1.95. The standard InChI is InChI=1S/C16H22N2O2S/c1-11-16(21-13(3)17-11)12(2)18-14-5-7-15(8-6-14)20-10-9-19-4/h5-8,12,18H,9-10H2,1-4H3. The van der Waals surface area contributed by atoms with Gasteiger partial charge in [0.1, 0.15) is 12.4 Å². The van der Waals surface area contributed by atoms with E-state index in [9.17, 15) is 0 Å². The normalized spacial score (nSPS) is 12.2. The van der Waals surface area contributed by atoms with Gasteiger partial charge in [-0.3, -0.25) is 0 Å². The summed E-state index contributed by atoms with van der Waals surface area (Å²) in [6, 6.07) is 8.24. The lowest BCUT2D eigenvalue weighted by atomic mass is 10.2. The molecule has 0 amide bonds. The Morgan fingerprint density at radius 2 is 1.90 bits per heavy atom. The van der Waals surface area contributed by atoms with Crippen LogP contribution in [0.5, 0.6) is 5.75 Å². The molecule has 2 aromatic rings. The van der Waals surface area contributed by atoms with Gasteiger partial charge in [0.05, 0.1) is 23.4 Å². The third kappa shape index (κ3) is 4.44. The minimum atomic E-state index is 0.247. The number of aromatic nitrogens is 1. The molecule has 4 nitrogen and oxygen atoms in total. The van der Waals surface area contributed by atoms with Gasteiger partial charge in [0, 0.05) is 17.7 Å². The molecular weight excluding hydrogens is 284 g/mol. The monoisotopic (exact) mass is 306 g/mol. The average molecular weight is 306 g/mol. The average Bonchev–Trinajstić information content (AvgIpc) is 2.80. The highest BCUT2D eigenvalue weighted by Gasteiger charge is 2.12. The molecule has 0 aliphatic heterocycles. The van der Waals surface area contributed by atoms with Crippen LogP contribution >= 0.6 is 11.3 Å². The summed E-state index contributed by atoms with van der Waals surface area (Å²) in [5.74, 6) is 0.857. The third-order valence-electron chi connectivity index (χ3n) is 3.13. The Morgan fingerprint density at radius 1 is 1.19 bits per heavy atom. The highest BCUT2D eigenvalue weighted by atomic mass is 32.1. The second-order valence-corrected chi connectivity index (χ2v) is 6.15. The number of rotatable bonds is 7. The van der Waals surface area contributed by atoms with E-state index in [-0.39, 0.29) is 6.04 Å². The number of hydrogen-bond donors (Lipinski definition) is 1. The molecule has 21 heavy (non-hydrogen) atoms. The second kappa shape index (κ2) is 7.43. The Labute approximate surface area is 130 Å². The van der Waals surface area contributed by atoms with Gasteiger partial charge >= 0.3 is 0 Å². The second-order valence-electron chi connectivity index (χ2n) is 4.91. The number of nitrogens with one attached hydrogen (secondary N) is 1. The molecule has 1 aromatic heterocycles. The first-order chi connectivity index (χ1) is 10.1. The SMILES string of the molecule is COCCOc1ccc(NC(C)c2sc(C)nc2C)cc1. The van der Waals surface area contributed by atoms with Crippen LogP contribution < -0.4 is 10.1 Å². The van der Waals surface area contributed by atoms with Crippen molar-refractivity contribution in [1.29, 1.82) is 0 Å². The lowest BCUT2D eigenvalue weighted by molar-refractivity contribution is 0.146. The summed E-state index contributed by atoms with van der Waals surface area (Å²) in [6.45, 7) is 7.42. The lowest BCUT2D eigenvalue weighted by Crippen LogP contribution is -2.07. The Hall–Kier alpha value is -1.59. The molecule has 1 aromatic carbocycles. The minimum absolute atomic E-state index is 0.247. The van der Waals surface area contributed by atoms with Crippen LogP contribution in [0.3, 0.4) is 0 Å². The molecule has 0 saturated heterocycles. The molecule has 1 atom stereocenters. The molecule has 0 fully saturated rings. The number of aryl methyl sites for hydroxylation is 2. The molecule has 0 saturated carbocycles. The van der Waals surface area contributed by atoms with Crippen molar-refractivity contribution >= 4 is 17.0 Å². The third-order valence-corrected chi connectivity index (χ3v) is 4.38. The van der Waals surface area contributed by atoms with Gasteiger partial charge in [-0.25, -0.2) is 4.98 Å². The Kier molecular flexibility index (Phi) is 5.59. The fourth-order valence-electron chi connectivity index (χ4n) is 2.15. The van der Waals surface area contributed by atoms with Gasteiger partial charge in [-0.2, -0.15) is 0 Å². The molecule has 5 heteroatoms. The fourth-order valence-corrected chi connectivity index (χ4v) is 3.08. The number of ether oxygens (including phenoxy) is 2. The van der Waals surface area contributed by atoms with Crippen LogP contribution in [0.15, 0.2) is 24.3 Å². The van der Waals surface area contributed by atoms with Crippen LogP contribution in [0.4, 0.5) is 5.69 Å². The van der Waals surface area contributed by atoms with Crippen LogP contribution in [-0.2, 0) is 4.74 Å². The van der Waals surface area contributed by atoms with E-state index in [0.29, 0.717) is 13.2 Å². The van der Waals surface area contributed by atoms with Crippen LogP contribution in [-0.4, -0.2) is 25.3 Å². The van der Waals surface area contributed by atoms with Crippen LogP contribution in [0.25, 0.3) is 0 Å². The van der Waals surface area contributed by atoms with Crippen LogP contribution in [0.1, 0.15) is 28.5 Å². The van der Waals surface area contributed by atoms with Gasteiger partial charge in [0.25, 0.3) is 0 Å². The summed E-state index contributed by atoms with van der Waals surface area (Å²) < 4.78 is 10.5. The zero-order chi connectivity index (χ0) is 15.2. The smallest absolute Gasteiger partial charge is 0.119 e. The predicted octanol–water partition coefficient (Wildman–Crippen LogP) is 3.96. The number of thiazole rings is 1. The van der Waals surface area contributed by atoms with Crippen LogP contribution in [0.2, 0.25) is 0 Å². The summed E-state index contributed by atoms with van der Waals surface area (Å²) in [5, 5.41) is 4.61. The summed E-state index contributed by atoms with van der Waals surface area (Å²) in [5.41, 5.74) is 2.18. The summed E-state index contributed by atoms with van der Waals surface area (Å²) in [4.78, 5) is 5.76. The van der Waals surface area contributed by atoms with Gasteiger partial charge in [-0.15, -0.1) is 11.3 Å². The van der Waals surface area contributed by atoms with E-state index in [4.69, 9.17) is 9.47 Å². The molecule has 0 aliphatic carbocycles. The van der Waals surface area contributed by atoms with E-state index in [0.717, 1.165) is 22.1 Å². The van der Waals surface area contributed by atoms with E-state index in [2.05, 4.69) is 24.1 Å². The maximum atomic E-state index is 5.55. The number of anilines is 1. The van der Waals surface area contributed by atoms with Crippen molar-refractivity contribution in [2.24, 2.45) is 0 Å². The molecular formula is C16H22N2O2S. The van der Waals surface area contributed by atoms with E-state index in [1.807, 2.05) is 31.2 Å². The summed E-state index contributed by atoms with van der Waals surface area (Å²) in [6.07, 6.45) is 0. The molecule has 1 unspecified atom stereocenters. The van der Waals surface area contributed by atoms with E-state index >= 15 is 0 Å². The highest BCUT2D eigenvalue weighted by Crippen LogP contribution is 2.28. The maximum absolute atomic E-state index is 5.55. The first-order valence-corrected chi connectivity index (χ1v) is 7.84. The molecule has 1 N–H and O–H groups in total. The van der Waals surface area contributed by atoms with Crippen molar-refractivity contribution < 1.29 is 9.47 Å². The van der Waals surface area contributed by atoms with Crippen LogP contribution in [0, 0.1) is 13.8 Å². The zero-order valence-corrected chi connectivity index (χ0v) is 13.8. The lowest BCUT2D eigenvalue weighted by Gasteiger charge is -2.15. The molecule has 114 valence electrons. The fraction of sp³-hybridized carbons (Fsp3) is 0.438. The first kappa shape index (κ1) is 15.8. The van der Waals surface area contributed by atoms with Crippen molar-refractivity contribution in [3.05, 3.63) is 39.8 Å². The first-order valence-electron chi connectivity index (χ1n) is 7.02. The predicted molar refractivity (Wildman–Crippen MR) is 87.4 cm³/mol. The molecule has 1 heterocycles. The van der Waals surface area contributed by atoms with Gasteiger partial charge in [0.2, 0.25) is 0 Å². The molecule has 0 bridgehead atoms.